The highest BCUT2D eigenvalue weighted by Gasteiger charge is 2.32. The maximum Gasteiger partial charge on any atom is 0.256 e. The summed E-state index contributed by atoms with van der Waals surface area (Å²) in [5.41, 5.74) is 3.23. The van der Waals surface area contributed by atoms with Gasteiger partial charge in [0.15, 0.2) is 0 Å². The number of amides is 1. The molecule has 6 heteroatoms. The van der Waals surface area contributed by atoms with Crippen molar-refractivity contribution < 1.29 is 4.79 Å². The average Bonchev–Trinajstić information content (AvgIpc) is 3.04. The lowest BCUT2D eigenvalue weighted by Crippen LogP contribution is -2.32. The molecule has 1 aliphatic heterocycles. The molecule has 0 saturated carbocycles. The molecule has 0 N–H and O–H groups in total. The molecule has 0 spiro atoms. The number of likely N-dealkylation sites (tertiary alicyclic amines) is 1. The number of nitrogens with zero attached hydrogens (tertiary/aromatic N) is 5. The van der Waals surface area contributed by atoms with Crippen molar-refractivity contribution in [1.82, 2.24) is 24.8 Å². The van der Waals surface area contributed by atoms with Gasteiger partial charge in [-0.2, -0.15) is 0 Å². The van der Waals surface area contributed by atoms with Crippen LogP contribution in [0.3, 0.4) is 0 Å². The van der Waals surface area contributed by atoms with Gasteiger partial charge < -0.3 is 9.80 Å². The monoisotopic (exact) mass is 325 g/mol. The average molecular weight is 325 g/mol. The van der Waals surface area contributed by atoms with E-state index in [0.717, 1.165) is 43.0 Å². The fourth-order valence-electron chi connectivity index (χ4n) is 3.17. The van der Waals surface area contributed by atoms with Crippen molar-refractivity contribution in [1.29, 1.82) is 0 Å². The summed E-state index contributed by atoms with van der Waals surface area (Å²) in [5.74, 6) is 0.0305. The molecule has 3 heterocycles. The predicted molar refractivity (Wildman–Crippen MR) is 91.4 cm³/mol. The molecule has 1 fully saturated rings. The standard InChI is InChI=1S/C18H23N5O/c1-13-15(6-4-8-20-13)18(24)23-9-5-7-17(23)16-11-19-10-14(21-16)12-22(2)3/h4,6,8,10-11,17H,5,7,9,12H2,1-3H3/t17-/m0/s1. The van der Waals surface area contributed by atoms with E-state index in [1.807, 2.05) is 38.1 Å². The topological polar surface area (TPSA) is 62.2 Å². The minimum Gasteiger partial charge on any atom is -0.330 e. The first kappa shape index (κ1) is 16.5. The summed E-state index contributed by atoms with van der Waals surface area (Å²) >= 11 is 0. The fourth-order valence-corrected chi connectivity index (χ4v) is 3.17. The first-order chi connectivity index (χ1) is 11.6. The molecule has 6 nitrogen and oxygen atoms in total. The van der Waals surface area contributed by atoms with Gasteiger partial charge in [-0.15, -0.1) is 0 Å². The van der Waals surface area contributed by atoms with E-state index in [9.17, 15) is 4.79 Å². The molecule has 0 aliphatic carbocycles. The third kappa shape index (κ3) is 3.43. The molecule has 2 aromatic rings. The minimum absolute atomic E-state index is 0.00767. The summed E-state index contributed by atoms with van der Waals surface area (Å²) in [4.78, 5) is 30.2. The molecule has 3 rings (SSSR count). The number of hydrogen-bond acceptors (Lipinski definition) is 5. The van der Waals surface area contributed by atoms with E-state index in [1.165, 1.54) is 0 Å². The van der Waals surface area contributed by atoms with Crippen LogP contribution in [0.25, 0.3) is 0 Å². The van der Waals surface area contributed by atoms with Crippen LogP contribution in [0.5, 0.6) is 0 Å². The highest BCUT2D eigenvalue weighted by Crippen LogP contribution is 2.32. The van der Waals surface area contributed by atoms with Crippen molar-refractivity contribution in [2.24, 2.45) is 0 Å². The van der Waals surface area contributed by atoms with Crippen molar-refractivity contribution in [2.45, 2.75) is 32.4 Å². The zero-order chi connectivity index (χ0) is 17.1. The van der Waals surface area contributed by atoms with E-state index >= 15 is 0 Å². The van der Waals surface area contributed by atoms with Gasteiger partial charge in [0.2, 0.25) is 0 Å². The van der Waals surface area contributed by atoms with Gasteiger partial charge in [-0.3, -0.25) is 19.7 Å². The van der Waals surface area contributed by atoms with Crippen molar-refractivity contribution in [3.05, 3.63) is 53.4 Å². The number of aromatic nitrogens is 3. The van der Waals surface area contributed by atoms with Crippen molar-refractivity contribution in [2.75, 3.05) is 20.6 Å². The summed E-state index contributed by atoms with van der Waals surface area (Å²) in [6, 6.07) is 3.64. The Morgan fingerprint density at radius 1 is 1.38 bits per heavy atom. The summed E-state index contributed by atoms with van der Waals surface area (Å²) in [6.07, 6.45) is 7.19. The van der Waals surface area contributed by atoms with E-state index in [-0.39, 0.29) is 11.9 Å². The van der Waals surface area contributed by atoms with Crippen LogP contribution < -0.4 is 0 Å². The van der Waals surface area contributed by atoms with Crippen LogP contribution in [0.4, 0.5) is 0 Å². The van der Waals surface area contributed by atoms with Crippen molar-refractivity contribution in [3.8, 4) is 0 Å². The third-order valence-electron chi connectivity index (χ3n) is 4.27. The van der Waals surface area contributed by atoms with Crippen LogP contribution in [0.1, 0.15) is 46.3 Å². The summed E-state index contributed by atoms with van der Waals surface area (Å²) in [7, 11) is 4.01. The van der Waals surface area contributed by atoms with Crippen LogP contribution in [0, 0.1) is 6.92 Å². The van der Waals surface area contributed by atoms with Crippen molar-refractivity contribution in [3.63, 3.8) is 0 Å². The summed E-state index contributed by atoms with van der Waals surface area (Å²) in [5, 5.41) is 0. The number of aryl methyl sites for hydroxylation is 1. The zero-order valence-electron chi connectivity index (χ0n) is 14.4. The minimum atomic E-state index is -0.00767. The van der Waals surface area contributed by atoms with E-state index in [2.05, 4.69) is 14.9 Å². The second-order valence-corrected chi connectivity index (χ2v) is 6.47. The molecule has 0 aromatic carbocycles. The lowest BCUT2D eigenvalue weighted by molar-refractivity contribution is 0.0731. The van der Waals surface area contributed by atoms with E-state index in [4.69, 9.17) is 4.98 Å². The lowest BCUT2D eigenvalue weighted by Gasteiger charge is -2.25. The predicted octanol–water partition coefficient (Wildman–Crippen LogP) is 2.22. The van der Waals surface area contributed by atoms with E-state index in [1.54, 1.807) is 18.6 Å². The van der Waals surface area contributed by atoms with Gasteiger partial charge in [0.1, 0.15) is 0 Å². The number of hydrogen-bond donors (Lipinski definition) is 0. The van der Waals surface area contributed by atoms with Crippen LogP contribution in [0.2, 0.25) is 0 Å². The Morgan fingerprint density at radius 3 is 2.96 bits per heavy atom. The molecular formula is C18H23N5O. The van der Waals surface area contributed by atoms with Gasteiger partial charge >= 0.3 is 0 Å². The van der Waals surface area contributed by atoms with Gasteiger partial charge in [-0.25, -0.2) is 0 Å². The fraction of sp³-hybridized carbons (Fsp3) is 0.444. The number of rotatable bonds is 4. The number of carbonyl (C=O) groups excluding carboxylic acids is 1. The Morgan fingerprint density at radius 2 is 2.21 bits per heavy atom. The molecule has 1 saturated heterocycles. The summed E-state index contributed by atoms with van der Waals surface area (Å²) < 4.78 is 0. The van der Waals surface area contributed by atoms with Gasteiger partial charge in [0.25, 0.3) is 5.91 Å². The molecule has 1 atom stereocenters. The van der Waals surface area contributed by atoms with Crippen LogP contribution >= 0.6 is 0 Å². The maximum absolute atomic E-state index is 12.9. The van der Waals surface area contributed by atoms with Gasteiger partial charge in [0, 0.05) is 31.2 Å². The Kier molecular flexibility index (Phi) is 4.85. The summed E-state index contributed by atoms with van der Waals surface area (Å²) in [6.45, 7) is 3.36. The number of pyridine rings is 1. The van der Waals surface area contributed by atoms with Crippen molar-refractivity contribution >= 4 is 5.91 Å². The van der Waals surface area contributed by atoms with Crippen LogP contribution in [-0.4, -0.2) is 51.3 Å². The molecule has 1 amide bonds. The Bertz CT molecular complexity index is 731. The second-order valence-electron chi connectivity index (χ2n) is 6.47. The maximum atomic E-state index is 12.9. The van der Waals surface area contributed by atoms with Crippen LogP contribution in [-0.2, 0) is 6.54 Å². The smallest absolute Gasteiger partial charge is 0.256 e. The Labute approximate surface area is 142 Å². The number of carbonyl (C=O) groups is 1. The molecule has 1 aliphatic rings. The molecule has 2 aromatic heterocycles. The normalized spacial score (nSPS) is 17.5. The second kappa shape index (κ2) is 7.05. The molecule has 0 bridgehead atoms. The Balaban J connectivity index is 1.86. The van der Waals surface area contributed by atoms with Gasteiger partial charge in [0.05, 0.1) is 29.2 Å². The van der Waals surface area contributed by atoms with Gasteiger partial charge in [-0.05, 0) is 46.0 Å². The van der Waals surface area contributed by atoms with Crippen LogP contribution in [0.15, 0.2) is 30.7 Å². The molecule has 0 unspecified atom stereocenters. The van der Waals surface area contributed by atoms with E-state index in [0.29, 0.717) is 5.56 Å². The molecular weight excluding hydrogens is 302 g/mol. The van der Waals surface area contributed by atoms with Gasteiger partial charge in [-0.1, -0.05) is 0 Å². The van der Waals surface area contributed by atoms with E-state index < -0.39 is 0 Å². The largest absolute Gasteiger partial charge is 0.330 e. The first-order valence-electron chi connectivity index (χ1n) is 8.24. The quantitative estimate of drug-likeness (QED) is 0.862. The first-order valence-corrected chi connectivity index (χ1v) is 8.24. The molecule has 126 valence electrons. The molecule has 24 heavy (non-hydrogen) atoms. The molecule has 0 radical (unpaired) electrons. The Hall–Kier alpha value is -2.34. The lowest BCUT2D eigenvalue weighted by atomic mass is 10.1. The third-order valence-corrected chi connectivity index (χ3v) is 4.27. The SMILES string of the molecule is Cc1ncccc1C(=O)N1CCC[C@H]1c1cncc(CN(C)C)n1. The highest BCUT2D eigenvalue weighted by atomic mass is 16.2. The highest BCUT2D eigenvalue weighted by molar-refractivity contribution is 5.95. The zero-order valence-corrected chi connectivity index (χ0v) is 14.4.